The molecule has 1 aliphatic heterocycles. The van der Waals surface area contributed by atoms with E-state index in [2.05, 4.69) is 6.58 Å². The van der Waals surface area contributed by atoms with Crippen molar-refractivity contribution in [3.8, 4) is 0 Å². The molecule has 0 radical (unpaired) electrons. The van der Waals surface area contributed by atoms with Gasteiger partial charge in [-0.3, -0.25) is 9.59 Å². The molecule has 7 atom stereocenters. The number of rotatable bonds is 3. The maximum Gasteiger partial charge on any atom is 0.333 e. The summed E-state index contributed by atoms with van der Waals surface area (Å²) in [5.41, 5.74) is -3.23. The molecular formula is C25H36O6. The Morgan fingerprint density at radius 2 is 1.71 bits per heavy atom. The lowest BCUT2D eigenvalue weighted by Gasteiger charge is -2.65. The molecule has 31 heavy (non-hydrogen) atoms. The van der Waals surface area contributed by atoms with Crippen molar-refractivity contribution in [3.63, 3.8) is 0 Å². The van der Waals surface area contributed by atoms with Gasteiger partial charge in [0, 0.05) is 41.6 Å². The van der Waals surface area contributed by atoms with Crippen LogP contribution in [0.3, 0.4) is 0 Å². The van der Waals surface area contributed by atoms with E-state index in [-0.39, 0.29) is 36.7 Å². The van der Waals surface area contributed by atoms with Crippen molar-refractivity contribution in [2.75, 3.05) is 0 Å². The summed E-state index contributed by atoms with van der Waals surface area (Å²) in [5.74, 6) is -1.39. The molecule has 3 fully saturated rings. The first kappa shape index (κ1) is 23.9. The third-order valence-electron chi connectivity index (χ3n) is 8.75. The average Bonchev–Trinajstić information content (AvgIpc) is 2.70. The summed E-state index contributed by atoms with van der Waals surface area (Å²) >= 11 is 0. The topological polar surface area (TPSA) is 89.9 Å². The number of hydrogen-bond donors (Lipinski definition) is 1. The average molecular weight is 433 g/mol. The van der Waals surface area contributed by atoms with E-state index in [4.69, 9.17) is 9.47 Å². The van der Waals surface area contributed by atoms with Crippen LogP contribution in [-0.4, -0.2) is 46.1 Å². The van der Waals surface area contributed by atoms with Crippen molar-refractivity contribution < 1.29 is 29.0 Å². The number of allylic oxidation sites excluding steroid dienone is 1. The van der Waals surface area contributed by atoms with Crippen molar-refractivity contribution in [1.82, 2.24) is 0 Å². The Hall–Kier alpha value is -1.79. The van der Waals surface area contributed by atoms with Gasteiger partial charge >= 0.3 is 5.97 Å². The molecule has 7 unspecified atom stereocenters. The van der Waals surface area contributed by atoms with E-state index in [1.165, 1.54) is 6.08 Å². The van der Waals surface area contributed by atoms with Gasteiger partial charge in [-0.1, -0.05) is 39.5 Å². The van der Waals surface area contributed by atoms with Gasteiger partial charge in [-0.15, -0.1) is 0 Å². The summed E-state index contributed by atoms with van der Waals surface area (Å²) < 4.78 is 12.0. The predicted molar refractivity (Wildman–Crippen MR) is 116 cm³/mol. The first-order valence-electron chi connectivity index (χ1n) is 11.1. The van der Waals surface area contributed by atoms with E-state index in [0.717, 1.165) is 0 Å². The fourth-order valence-electron chi connectivity index (χ4n) is 6.28. The van der Waals surface area contributed by atoms with Crippen LogP contribution in [0.4, 0.5) is 0 Å². The third-order valence-corrected chi connectivity index (χ3v) is 8.75. The van der Waals surface area contributed by atoms with Crippen LogP contribution >= 0.6 is 0 Å². The largest absolute Gasteiger partial charge is 0.458 e. The lowest BCUT2D eigenvalue weighted by Crippen LogP contribution is -2.72. The SMILES string of the molecule is C=CC1(C)OC2(C)C(=O)CC3C(C)(C)C(OC(=O)C(C)=CC)CC(O)C3(C)C2CC1=O. The molecule has 1 saturated heterocycles. The molecule has 6 heteroatoms. The monoisotopic (exact) mass is 432 g/mol. The molecule has 3 aliphatic rings. The molecule has 1 heterocycles. The Morgan fingerprint density at radius 1 is 1.13 bits per heavy atom. The van der Waals surface area contributed by atoms with E-state index < -0.39 is 46.1 Å². The van der Waals surface area contributed by atoms with E-state index in [1.807, 2.05) is 20.8 Å². The van der Waals surface area contributed by atoms with Crippen LogP contribution in [0.25, 0.3) is 0 Å². The van der Waals surface area contributed by atoms with Gasteiger partial charge in [-0.05, 0) is 33.6 Å². The Labute approximate surface area is 185 Å². The molecule has 0 aromatic rings. The van der Waals surface area contributed by atoms with Crippen LogP contribution < -0.4 is 0 Å². The summed E-state index contributed by atoms with van der Waals surface area (Å²) in [6.07, 6.45) is 2.32. The highest BCUT2D eigenvalue weighted by Crippen LogP contribution is 2.64. The second kappa shape index (κ2) is 7.38. The number of aliphatic hydroxyl groups is 1. The summed E-state index contributed by atoms with van der Waals surface area (Å²) in [7, 11) is 0. The van der Waals surface area contributed by atoms with E-state index in [1.54, 1.807) is 33.8 Å². The van der Waals surface area contributed by atoms with Crippen molar-refractivity contribution >= 4 is 17.5 Å². The normalized spacial score (nSPS) is 44.8. The molecular weight excluding hydrogens is 396 g/mol. The molecule has 0 bridgehead atoms. The molecule has 0 amide bonds. The number of carbonyl (C=O) groups excluding carboxylic acids is 3. The minimum absolute atomic E-state index is 0.0857. The maximum absolute atomic E-state index is 13.5. The van der Waals surface area contributed by atoms with Crippen molar-refractivity contribution in [3.05, 3.63) is 24.3 Å². The fourth-order valence-corrected chi connectivity index (χ4v) is 6.28. The Balaban J connectivity index is 2.03. The number of Topliss-reactive ketones (excluding diaryl/α,β-unsaturated/α-hetero) is 2. The van der Waals surface area contributed by atoms with Gasteiger partial charge in [-0.2, -0.15) is 0 Å². The summed E-state index contributed by atoms with van der Waals surface area (Å²) in [6, 6.07) is 0. The van der Waals surface area contributed by atoms with Gasteiger partial charge in [0.1, 0.15) is 17.3 Å². The summed E-state index contributed by atoms with van der Waals surface area (Å²) in [6.45, 7) is 16.5. The number of aliphatic hydroxyl groups excluding tert-OH is 1. The van der Waals surface area contributed by atoms with Crippen LogP contribution in [0.2, 0.25) is 0 Å². The molecule has 0 spiro atoms. The van der Waals surface area contributed by atoms with Gasteiger partial charge < -0.3 is 14.6 Å². The third kappa shape index (κ3) is 3.25. The smallest absolute Gasteiger partial charge is 0.333 e. The van der Waals surface area contributed by atoms with E-state index in [9.17, 15) is 19.5 Å². The Kier molecular flexibility index (Phi) is 5.68. The molecule has 1 N–H and O–H groups in total. The van der Waals surface area contributed by atoms with Crippen molar-refractivity contribution in [2.45, 2.75) is 91.1 Å². The highest BCUT2D eigenvalue weighted by molar-refractivity contribution is 5.96. The van der Waals surface area contributed by atoms with Gasteiger partial charge in [0.15, 0.2) is 11.6 Å². The Morgan fingerprint density at radius 3 is 2.26 bits per heavy atom. The molecule has 3 rings (SSSR count). The zero-order chi connectivity index (χ0) is 23.6. The summed E-state index contributed by atoms with van der Waals surface area (Å²) in [4.78, 5) is 38.9. The van der Waals surface area contributed by atoms with Crippen molar-refractivity contribution in [2.24, 2.45) is 22.7 Å². The lowest BCUT2D eigenvalue weighted by molar-refractivity contribution is -0.263. The summed E-state index contributed by atoms with van der Waals surface area (Å²) in [5, 5.41) is 11.4. The molecule has 2 aliphatic carbocycles. The molecule has 2 saturated carbocycles. The Bertz CT molecular complexity index is 856. The molecule has 0 aromatic heterocycles. The number of fused-ring (bicyclic) bond motifs is 3. The van der Waals surface area contributed by atoms with Crippen LogP contribution in [-0.2, 0) is 23.9 Å². The van der Waals surface area contributed by atoms with Gasteiger partial charge in [0.25, 0.3) is 0 Å². The van der Waals surface area contributed by atoms with Crippen LogP contribution in [0.15, 0.2) is 24.3 Å². The number of ketones is 2. The standard InChI is InChI=1S/C25H36O6/c1-9-14(3)21(29)30-20-13-18(27)24(7)15(22(20,4)5)11-19(28)25(8)16(24)12-17(26)23(6,10-2)31-25/h9-10,15-16,18,20,27H,2,11-13H2,1,3-8H3. The highest BCUT2D eigenvalue weighted by atomic mass is 16.5. The first-order chi connectivity index (χ1) is 14.2. The number of esters is 1. The number of ether oxygens (including phenoxy) is 2. The lowest BCUT2D eigenvalue weighted by atomic mass is 9.42. The zero-order valence-electron chi connectivity index (χ0n) is 19.8. The predicted octanol–water partition coefficient (Wildman–Crippen LogP) is 3.56. The van der Waals surface area contributed by atoms with Gasteiger partial charge in [-0.25, -0.2) is 4.79 Å². The van der Waals surface area contributed by atoms with E-state index >= 15 is 0 Å². The van der Waals surface area contributed by atoms with E-state index in [0.29, 0.717) is 5.57 Å². The first-order valence-corrected chi connectivity index (χ1v) is 11.1. The second-order valence-corrected chi connectivity index (χ2v) is 10.7. The number of hydrogen-bond acceptors (Lipinski definition) is 6. The second-order valence-electron chi connectivity index (χ2n) is 10.7. The van der Waals surface area contributed by atoms with Crippen LogP contribution in [0.1, 0.15) is 67.7 Å². The minimum Gasteiger partial charge on any atom is -0.458 e. The molecule has 172 valence electrons. The quantitative estimate of drug-likeness (QED) is 0.417. The minimum atomic E-state index is -1.22. The van der Waals surface area contributed by atoms with Gasteiger partial charge in [0.05, 0.1) is 6.10 Å². The zero-order valence-corrected chi connectivity index (χ0v) is 19.8. The molecule has 0 aromatic carbocycles. The fraction of sp³-hybridized carbons (Fsp3) is 0.720. The highest BCUT2D eigenvalue weighted by Gasteiger charge is 2.70. The number of carbonyl (C=O) groups is 3. The van der Waals surface area contributed by atoms with Crippen molar-refractivity contribution in [1.29, 1.82) is 0 Å². The molecule has 6 nitrogen and oxygen atoms in total. The van der Waals surface area contributed by atoms with Crippen LogP contribution in [0.5, 0.6) is 0 Å². The van der Waals surface area contributed by atoms with Crippen LogP contribution in [0, 0.1) is 22.7 Å². The van der Waals surface area contributed by atoms with Gasteiger partial charge in [0.2, 0.25) is 0 Å². The maximum atomic E-state index is 13.5.